The largest absolute Gasteiger partial charge is 0.378 e. The van der Waals surface area contributed by atoms with Gasteiger partial charge in [0.25, 0.3) is 0 Å². The van der Waals surface area contributed by atoms with Crippen molar-refractivity contribution >= 4 is 23.6 Å². The van der Waals surface area contributed by atoms with E-state index in [1.807, 2.05) is 17.9 Å². The van der Waals surface area contributed by atoms with Gasteiger partial charge in [0.1, 0.15) is 0 Å². The lowest BCUT2D eigenvalue weighted by atomic mass is 10.2. The molecule has 29 heavy (non-hydrogen) atoms. The number of aromatic nitrogens is 3. The number of hydrogen-bond acceptors (Lipinski definition) is 7. The summed E-state index contributed by atoms with van der Waals surface area (Å²) >= 11 is 1.46. The maximum atomic E-state index is 12.9. The Hall–Kier alpha value is -2.10. The number of ether oxygens (including phenoxy) is 2. The van der Waals surface area contributed by atoms with Crippen molar-refractivity contribution in [3.05, 3.63) is 29.8 Å². The molecule has 0 bridgehead atoms. The summed E-state index contributed by atoms with van der Waals surface area (Å²) in [6.07, 6.45) is 0. The fraction of sp³-hybridized carbons (Fsp3) is 0.550. The molecule has 2 fully saturated rings. The summed E-state index contributed by atoms with van der Waals surface area (Å²) in [4.78, 5) is 16.9. The summed E-state index contributed by atoms with van der Waals surface area (Å²) in [6.45, 7) is 9.40. The molecule has 0 N–H and O–H groups in total. The van der Waals surface area contributed by atoms with E-state index in [0.29, 0.717) is 39.5 Å². The van der Waals surface area contributed by atoms with E-state index >= 15 is 0 Å². The second kappa shape index (κ2) is 9.15. The van der Waals surface area contributed by atoms with Crippen molar-refractivity contribution < 1.29 is 14.3 Å². The van der Waals surface area contributed by atoms with Crippen LogP contribution in [0.4, 0.5) is 5.95 Å². The number of hydrogen-bond donors (Lipinski definition) is 0. The van der Waals surface area contributed by atoms with E-state index in [0.717, 1.165) is 35.4 Å². The van der Waals surface area contributed by atoms with Crippen molar-refractivity contribution in [3.8, 4) is 5.69 Å². The van der Waals surface area contributed by atoms with Gasteiger partial charge in [0.15, 0.2) is 5.16 Å². The minimum absolute atomic E-state index is 0.116. The Labute approximate surface area is 175 Å². The van der Waals surface area contributed by atoms with Crippen LogP contribution in [0.5, 0.6) is 0 Å². The molecule has 1 amide bonds. The number of carbonyl (C=O) groups is 1. The van der Waals surface area contributed by atoms with Crippen LogP contribution < -0.4 is 4.90 Å². The molecule has 2 aliphatic rings. The molecule has 1 aromatic carbocycles. The molecule has 0 saturated carbocycles. The highest BCUT2D eigenvalue weighted by atomic mass is 32.2. The first-order valence-corrected chi connectivity index (χ1v) is 10.9. The van der Waals surface area contributed by atoms with E-state index < -0.39 is 0 Å². The molecule has 2 aromatic rings. The Bertz CT molecular complexity index is 846. The first-order chi connectivity index (χ1) is 14.1. The molecule has 0 radical (unpaired) electrons. The molecule has 8 nitrogen and oxygen atoms in total. The molecule has 2 saturated heterocycles. The van der Waals surface area contributed by atoms with Crippen LogP contribution in [0.25, 0.3) is 5.69 Å². The maximum absolute atomic E-state index is 12.9. The van der Waals surface area contributed by atoms with Crippen LogP contribution >= 0.6 is 11.8 Å². The zero-order valence-electron chi connectivity index (χ0n) is 16.9. The second-order valence-electron chi connectivity index (χ2n) is 7.25. The molecule has 0 spiro atoms. The Kier molecular flexibility index (Phi) is 6.37. The van der Waals surface area contributed by atoms with Gasteiger partial charge in [-0.3, -0.25) is 9.36 Å². The molecule has 156 valence electrons. The fourth-order valence-corrected chi connectivity index (χ4v) is 4.50. The molecule has 1 aromatic heterocycles. The van der Waals surface area contributed by atoms with Crippen molar-refractivity contribution in [2.45, 2.75) is 24.3 Å². The summed E-state index contributed by atoms with van der Waals surface area (Å²) in [5, 5.41) is 9.43. The topological polar surface area (TPSA) is 72.7 Å². The molecule has 3 heterocycles. The third-order valence-electron chi connectivity index (χ3n) is 5.12. The third-order valence-corrected chi connectivity index (χ3v) is 6.15. The SMILES string of the molecule is Cc1cccc(-n2c(SC(C)C(=O)N3CCOCC3)nnc2N2CCOCC2)c1. The smallest absolute Gasteiger partial charge is 0.236 e. The van der Waals surface area contributed by atoms with Crippen LogP contribution in [0.1, 0.15) is 12.5 Å². The lowest BCUT2D eigenvalue weighted by molar-refractivity contribution is -0.134. The predicted octanol–water partition coefficient (Wildman–Crippen LogP) is 1.75. The summed E-state index contributed by atoms with van der Waals surface area (Å²) < 4.78 is 12.9. The van der Waals surface area contributed by atoms with Crippen molar-refractivity contribution in [1.29, 1.82) is 0 Å². The second-order valence-corrected chi connectivity index (χ2v) is 8.56. The Morgan fingerprint density at radius 2 is 1.76 bits per heavy atom. The molecule has 1 unspecified atom stereocenters. The first-order valence-electron chi connectivity index (χ1n) is 10.0. The molecule has 0 aliphatic carbocycles. The summed E-state index contributed by atoms with van der Waals surface area (Å²) in [5.41, 5.74) is 2.17. The van der Waals surface area contributed by atoms with Crippen LogP contribution in [0.3, 0.4) is 0 Å². The van der Waals surface area contributed by atoms with Gasteiger partial charge in [-0.25, -0.2) is 0 Å². The molecule has 4 rings (SSSR count). The Morgan fingerprint density at radius 1 is 1.07 bits per heavy atom. The van der Waals surface area contributed by atoms with Crippen molar-refractivity contribution in [2.75, 3.05) is 57.5 Å². The van der Waals surface area contributed by atoms with Crippen LogP contribution in [0, 0.1) is 6.92 Å². The fourth-order valence-electron chi connectivity index (χ4n) is 3.55. The average molecular weight is 418 g/mol. The number of amides is 1. The van der Waals surface area contributed by atoms with Crippen LogP contribution in [-0.2, 0) is 14.3 Å². The van der Waals surface area contributed by atoms with E-state index in [2.05, 4.69) is 44.8 Å². The number of anilines is 1. The van der Waals surface area contributed by atoms with Crippen molar-refractivity contribution in [1.82, 2.24) is 19.7 Å². The number of rotatable bonds is 5. The van der Waals surface area contributed by atoms with Gasteiger partial charge in [-0.1, -0.05) is 23.9 Å². The summed E-state index contributed by atoms with van der Waals surface area (Å²) in [5.74, 6) is 0.914. The lowest BCUT2D eigenvalue weighted by Gasteiger charge is -2.29. The van der Waals surface area contributed by atoms with Gasteiger partial charge in [0, 0.05) is 26.2 Å². The number of carbonyl (C=O) groups excluding carboxylic acids is 1. The van der Waals surface area contributed by atoms with Gasteiger partial charge in [0.05, 0.1) is 37.4 Å². The van der Waals surface area contributed by atoms with Crippen LogP contribution in [0.15, 0.2) is 29.4 Å². The minimum Gasteiger partial charge on any atom is -0.378 e. The number of benzene rings is 1. The molecular formula is C20H27N5O3S. The lowest BCUT2D eigenvalue weighted by Crippen LogP contribution is -2.44. The van der Waals surface area contributed by atoms with Gasteiger partial charge < -0.3 is 19.3 Å². The average Bonchev–Trinajstić information content (AvgIpc) is 3.18. The van der Waals surface area contributed by atoms with E-state index in [9.17, 15) is 4.79 Å². The molecular weight excluding hydrogens is 390 g/mol. The molecule has 1 atom stereocenters. The van der Waals surface area contributed by atoms with Gasteiger partial charge >= 0.3 is 0 Å². The van der Waals surface area contributed by atoms with E-state index in [1.165, 1.54) is 11.8 Å². The summed E-state index contributed by atoms with van der Waals surface area (Å²) in [7, 11) is 0. The van der Waals surface area contributed by atoms with Gasteiger partial charge in [-0.2, -0.15) is 0 Å². The highest BCUT2D eigenvalue weighted by molar-refractivity contribution is 8.00. The number of nitrogens with zero attached hydrogens (tertiary/aromatic N) is 5. The zero-order valence-corrected chi connectivity index (χ0v) is 17.7. The van der Waals surface area contributed by atoms with Gasteiger partial charge in [-0.05, 0) is 31.5 Å². The van der Waals surface area contributed by atoms with Gasteiger partial charge in [0.2, 0.25) is 11.9 Å². The van der Waals surface area contributed by atoms with Crippen LogP contribution in [-0.4, -0.2) is 83.4 Å². The van der Waals surface area contributed by atoms with Gasteiger partial charge in [-0.15, -0.1) is 10.2 Å². The van der Waals surface area contributed by atoms with E-state index in [1.54, 1.807) is 0 Å². The summed E-state index contributed by atoms with van der Waals surface area (Å²) in [6, 6.07) is 8.27. The quantitative estimate of drug-likeness (QED) is 0.687. The highest BCUT2D eigenvalue weighted by Gasteiger charge is 2.27. The number of aryl methyl sites for hydroxylation is 1. The minimum atomic E-state index is -0.251. The van der Waals surface area contributed by atoms with E-state index in [4.69, 9.17) is 9.47 Å². The molecule has 2 aliphatic heterocycles. The standard InChI is InChI=1S/C20H27N5O3S/c1-15-4-3-5-17(14-15)25-19(24-8-12-28-13-9-24)21-22-20(25)29-16(2)18(26)23-6-10-27-11-7-23/h3-5,14,16H,6-13H2,1-2H3. The van der Waals surface area contributed by atoms with Crippen molar-refractivity contribution in [2.24, 2.45) is 0 Å². The highest BCUT2D eigenvalue weighted by Crippen LogP contribution is 2.30. The maximum Gasteiger partial charge on any atom is 0.236 e. The normalized spacial score (nSPS) is 18.7. The zero-order chi connectivity index (χ0) is 20.2. The monoisotopic (exact) mass is 417 g/mol. The first kappa shape index (κ1) is 20.2. The third kappa shape index (κ3) is 4.57. The number of morpholine rings is 2. The Morgan fingerprint density at radius 3 is 2.45 bits per heavy atom. The van der Waals surface area contributed by atoms with Crippen LogP contribution in [0.2, 0.25) is 0 Å². The van der Waals surface area contributed by atoms with Crippen molar-refractivity contribution in [3.63, 3.8) is 0 Å². The molecule has 9 heteroatoms. The van der Waals surface area contributed by atoms with E-state index in [-0.39, 0.29) is 11.2 Å². The number of thioether (sulfide) groups is 1. The Balaban J connectivity index is 1.62. The predicted molar refractivity (Wildman–Crippen MR) is 112 cm³/mol.